The van der Waals surface area contributed by atoms with Crippen molar-refractivity contribution in [2.75, 3.05) is 4.90 Å². The number of fused-ring (bicyclic) bond motifs is 11. The van der Waals surface area contributed by atoms with Gasteiger partial charge in [0.1, 0.15) is 0 Å². The third kappa shape index (κ3) is 6.47. The van der Waals surface area contributed by atoms with Crippen molar-refractivity contribution in [3.63, 3.8) is 0 Å². The Morgan fingerprint density at radius 1 is 0.559 bits per heavy atom. The Bertz CT molecular complexity index is 2660. The predicted molar refractivity (Wildman–Crippen MR) is 254 cm³/mol. The summed E-state index contributed by atoms with van der Waals surface area (Å²) >= 11 is 0. The van der Waals surface area contributed by atoms with Crippen LogP contribution in [0.15, 0.2) is 181 Å². The van der Waals surface area contributed by atoms with Crippen LogP contribution in [-0.4, -0.2) is 0 Å². The number of anilines is 2. The SMILES string of the molecule is C/C=C(\C)N(c1ccc2c(c1)C(C)(C)CC2(C)c1cccc(C)c1)c1ccc2c(c1)C1(c3ccccc3-c3ccccc31)c1ccccc1-2.C=C(C)/C=C\C(C)=C(C)C. The molecular weight excluding hydrogens is 711 g/mol. The Morgan fingerprint density at radius 2 is 1.08 bits per heavy atom. The first-order chi connectivity index (χ1) is 28.2. The largest absolute Gasteiger partial charge is 0.315 e. The number of aryl methyl sites for hydroxylation is 1. The molecular formula is C58H59N. The van der Waals surface area contributed by atoms with Crippen LogP contribution >= 0.6 is 0 Å². The molecule has 9 rings (SSSR count). The van der Waals surface area contributed by atoms with Gasteiger partial charge in [-0.05, 0) is 146 Å². The van der Waals surface area contributed by atoms with Crippen LogP contribution in [0.3, 0.4) is 0 Å². The smallest absolute Gasteiger partial charge is 0.0726 e. The highest BCUT2D eigenvalue weighted by Gasteiger charge is 2.52. The van der Waals surface area contributed by atoms with E-state index in [4.69, 9.17) is 0 Å². The summed E-state index contributed by atoms with van der Waals surface area (Å²) in [4.78, 5) is 2.47. The second-order valence-corrected chi connectivity index (χ2v) is 18.2. The minimum absolute atomic E-state index is 0.0289. The van der Waals surface area contributed by atoms with Gasteiger partial charge in [-0.1, -0.05) is 177 Å². The second kappa shape index (κ2) is 15.0. The lowest BCUT2D eigenvalue weighted by Crippen LogP contribution is -2.26. The predicted octanol–water partition coefficient (Wildman–Crippen LogP) is 15.9. The summed E-state index contributed by atoms with van der Waals surface area (Å²) < 4.78 is 0. The van der Waals surface area contributed by atoms with E-state index in [2.05, 4.69) is 219 Å². The van der Waals surface area contributed by atoms with Gasteiger partial charge in [0.2, 0.25) is 0 Å². The minimum Gasteiger partial charge on any atom is -0.315 e. The summed E-state index contributed by atoms with van der Waals surface area (Å²) in [5, 5.41) is 0. The van der Waals surface area contributed by atoms with Gasteiger partial charge in [-0.15, -0.1) is 0 Å². The number of rotatable bonds is 6. The lowest BCUT2D eigenvalue weighted by atomic mass is 9.70. The Kier molecular flexibility index (Phi) is 10.2. The first-order valence-electron chi connectivity index (χ1n) is 21.3. The fourth-order valence-corrected chi connectivity index (χ4v) is 10.4. The lowest BCUT2D eigenvalue weighted by Gasteiger charge is -2.32. The molecule has 1 nitrogen and oxygen atoms in total. The van der Waals surface area contributed by atoms with Gasteiger partial charge in [-0.3, -0.25) is 0 Å². The maximum Gasteiger partial charge on any atom is 0.0726 e. The van der Waals surface area contributed by atoms with Crippen molar-refractivity contribution in [1.29, 1.82) is 0 Å². The monoisotopic (exact) mass is 769 g/mol. The van der Waals surface area contributed by atoms with Crippen molar-refractivity contribution in [3.8, 4) is 22.3 Å². The van der Waals surface area contributed by atoms with Crippen molar-refractivity contribution in [2.24, 2.45) is 0 Å². The molecule has 296 valence electrons. The molecule has 0 aromatic heterocycles. The summed E-state index contributed by atoms with van der Waals surface area (Å²) in [6, 6.07) is 50.8. The molecule has 59 heavy (non-hydrogen) atoms. The van der Waals surface area contributed by atoms with Crippen LogP contribution < -0.4 is 4.90 Å². The molecule has 1 atom stereocenters. The molecule has 0 N–H and O–H groups in total. The second-order valence-electron chi connectivity index (χ2n) is 18.2. The molecule has 0 saturated carbocycles. The zero-order valence-electron chi connectivity index (χ0n) is 36.8. The zero-order valence-corrected chi connectivity index (χ0v) is 36.8. The fraction of sp³-hybridized carbons (Fsp3) is 0.241. The maximum atomic E-state index is 3.78. The average molecular weight is 770 g/mol. The standard InChI is InChI=1S/C48H43N.C10H16/c1-7-32(3)49(35-24-26-43-45(29-35)46(4,5)30-47(43,6)33-16-14-15-31(2)27-33)34-23-25-39-38-19-10-13-22-42(38)48(44(39)28-34)40-20-11-8-17-36(40)37-18-9-12-21-41(37)48;1-8(2)6-7-10(5)9(3)4/h7-29H,30H2,1-6H3;6-7H,1H2,2-5H3/b32-7+;7-6-. The van der Waals surface area contributed by atoms with Crippen molar-refractivity contribution in [1.82, 2.24) is 0 Å². The normalized spacial score (nSPS) is 17.4. The quantitative estimate of drug-likeness (QED) is 0.152. The van der Waals surface area contributed by atoms with Crippen LogP contribution in [0.1, 0.15) is 113 Å². The van der Waals surface area contributed by atoms with E-state index in [-0.39, 0.29) is 16.2 Å². The number of nitrogens with zero attached hydrogens (tertiary/aromatic N) is 1. The Morgan fingerprint density at radius 3 is 1.61 bits per heavy atom. The van der Waals surface area contributed by atoms with Gasteiger partial charge < -0.3 is 4.90 Å². The van der Waals surface area contributed by atoms with Gasteiger partial charge in [0.25, 0.3) is 0 Å². The summed E-state index contributed by atoms with van der Waals surface area (Å²) in [6.45, 7) is 26.0. The van der Waals surface area contributed by atoms with Gasteiger partial charge in [0, 0.05) is 22.5 Å². The molecule has 0 fully saturated rings. The molecule has 3 aliphatic carbocycles. The van der Waals surface area contributed by atoms with Crippen molar-refractivity contribution in [3.05, 3.63) is 225 Å². The van der Waals surface area contributed by atoms with Gasteiger partial charge in [0.05, 0.1) is 5.41 Å². The molecule has 1 heteroatoms. The van der Waals surface area contributed by atoms with Crippen LogP contribution in [0.5, 0.6) is 0 Å². The summed E-state index contributed by atoms with van der Waals surface area (Å²) in [6.07, 6.45) is 7.45. The Balaban J connectivity index is 0.000000431. The molecule has 1 spiro atoms. The molecule has 0 saturated heterocycles. The van der Waals surface area contributed by atoms with Crippen LogP contribution in [0.4, 0.5) is 11.4 Å². The molecule has 6 aromatic carbocycles. The molecule has 0 heterocycles. The van der Waals surface area contributed by atoms with Gasteiger partial charge >= 0.3 is 0 Å². The number of hydrogen-bond donors (Lipinski definition) is 0. The number of allylic oxidation sites excluding steroid dienone is 7. The average Bonchev–Trinajstić information content (AvgIpc) is 3.78. The highest BCUT2D eigenvalue weighted by molar-refractivity contribution is 5.96. The van der Waals surface area contributed by atoms with E-state index in [1.807, 2.05) is 13.0 Å². The molecule has 0 radical (unpaired) electrons. The van der Waals surface area contributed by atoms with E-state index in [9.17, 15) is 0 Å². The molecule has 1 unspecified atom stereocenters. The summed E-state index contributed by atoms with van der Waals surface area (Å²) in [7, 11) is 0. The Hall–Kier alpha value is -5.92. The number of hydrogen-bond acceptors (Lipinski definition) is 1. The third-order valence-corrected chi connectivity index (χ3v) is 13.5. The van der Waals surface area contributed by atoms with E-state index in [1.165, 1.54) is 95.0 Å². The van der Waals surface area contributed by atoms with E-state index < -0.39 is 0 Å². The highest BCUT2D eigenvalue weighted by Crippen LogP contribution is 2.63. The van der Waals surface area contributed by atoms with Gasteiger partial charge in [0.15, 0.2) is 0 Å². The molecule has 6 aromatic rings. The third-order valence-electron chi connectivity index (χ3n) is 13.5. The van der Waals surface area contributed by atoms with Crippen molar-refractivity contribution < 1.29 is 0 Å². The van der Waals surface area contributed by atoms with E-state index in [0.717, 1.165) is 12.0 Å². The Labute approximate surface area is 354 Å². The maximum absolute atomic E-state index is 3.78. The van der Waals surface area contributed by atoms with Crippen molar-refractivity contribution >= 4 is 11.4 Å². The van der Waals surface area contributed by atoms with Gasteiger partial charge in [-0.25, -0.2) is 0 Å². The van der Waals surface area contributed by atoms with E-state index in [0.29, 0.717) is 0 Å². The van der Waals surface area contributed by atoms with E-state index >= 15 is 0 Å². The van der Waals surface area contributed by atoms with Crippen LogP contribution in [0.25, 0.3) is 22.3 Å². The number of benzene rings is 6. The fourth-order valence-electron chi connectivity index (χ4n) is 10.4. The topological polar surface area (TPSA) is 3.24 Å². The van der Waals surface area contributed by atoms with Gasteiger partial charge in [-0.2, -0.15) is 0 Å². The van der Waals surface area contributed by atoms with Crippen LogP contribution in [-0.2, 0) is 16.2 Å². The summed E-state index contributed by atoms with van der Waals surface area (Å²) in [5.74, 6) is 0. The van der Waals surface area contributed by atoms with E-state index in [1.54, 1.807) is 0 Å². The lowest BCUT2D eigenvalue weighted by molar-refractivity contribution is 0.425. The highest BCUT2D eigenvalue weighted by atomic mass is 15.1. The van der Waals surface area contributed by atoms with Crippen LogP contribution in [0, 0.1) is 6.92 Å². The molecule has 3 aliphatic rings. The molecule has 0 bridgehead atoms. The molecule has 0 aliphatic heterocycles. The van der Waals surface area contributed by atoms with Crippen LogP contribution in [0.2, 0.25) is 0 Å². The first-order valence-corrected chi connectivity index (χ1v) is 21.3. The minimum atomic E-state index is -0.361. The molecule has 0 amide bonds. The van der Waals surface area contributed by atoms with Crippen molar-refractivity contribution in [2.45, 2.75) is 91.9 Å². The summed E-state index contributed by atoms with van der Waals surface area (Å²) in [5.41, 5.74) is 23.5. The zero-order chi connectivity index (χ0) is 41.9. The first kappa shape index (κ1) is 39.9.